The molecule has 0 amide bonds. The Morgan fingerprint density at radius 3 is 2.90 bits per heavy atom. The van der Waals surface area contributed by atoms with Gasteiger partial charge in [0.25, 0.3) is 5.56 Å². The highest BCUT2D eigenvalue weighted by Gasteiger charge is 2.22. The van der Waals surface area contributed by atoms with Crippen LogP contribution in [0.15, 0.2) is 10.9 Å². The number of aromatic nitrogens is 1. The molecule has 2 aliphatic carbocycles. The van der Waals surface area contributed by atoms with Crippen molar-refractivity contribution >= 4 is 0 Å². The molecule has 0 aromatic carbocycles. The summed E-state index contributed by atoms with van der Waals surface area (Å²) in [6.45, 7) is 3.88. The van der Waals surface area contributed by atoms with E-state index in [2.05, 4.69) is 22.9 Å². The Kier molecular flexibility index (Phi) is 4.25. The molecule has 110 valence electrons. The first-order valence-corrected chi connectivity index (χ1v) is 8.27. The first-order chi connectivity index (χ1) is 9.79. The Balaban J connectivity index is 1.82. The zero-order valence-electron chi connectivity index (χ0n) is 12.6. The first-order valence-electron chi connectivity index (χ1n) is 8.27. The minimum atomic E-state index is 0.259. The molecular weight excluding hydrogens is 248 g/mol. The van der Waals surface area contributed by atoms with E-state index in [9.17, 15) is 4.79 Å². The maximum Gasteiger partial charge on any atom is 0.255 e. The fourth-order valence-electron chi connectivity index (χ4n) is 3.21. The van der Waals surface area contributed by atoms with Crippen LogP contribution in [0.3, 0.4) is 0 Å². The van der Waals surface area contributed by atoms with Crippen molar-refractivity contribution in [3.05, 3.63) is 33.2 Å². The SMILES string of the molecule is CCCCCn1c2c(cc(CNC3CC3)c1=O)CCC2. The van der Waals surface area contributed by atoms with Crippen LogP contribution in [0.1, 0.15) is 62.3 Å². The van der Waals surface area contributed by atoms with Gasteiger partial charge in [-0.3, -0.25) is 4.79 Å². The quantitative estimate of drug-likeness (QED) is 0.776. The molecule has 20 heavy (non-hydrogen) atoms. The Labute approximate surface area is 121 Å². The van der Waals surface area contributed by atoms with Crippen molar-refractivity contribution in [2.24, 2.45) is 0 Å². The van der Waals surface area contributed by atoms with Crippen LogP contribution in [-0.2, 0) is 25.9 Å². The Bertz CT molecular complexity index is 529. The maximum absolute atomic E-state index is 12.7. The van der Waals surface area contributed by atoms with Crippen molar-refractivity contribution < 1.29 is 0 Å². The van der Waals surface area contributed by atoms with Crippen molar-refractivity contribution in [2.45, 2.75) is 77.4 Å². The maximum atomic E-state index is 12.7. The number of nitrogens with zero attached hydrogens (tertiary/aromatic N) is 1. The third-order valence-electron chi connectivity index (χ3n) is 4.57. The molecule has 0 atom stereocenters. The number of fused-ring (bicyclic) bond motifs is 1. The second-order valence-corrected chi connectivity index (χ2v) is 6.31. The standard InChI is InChI=1S/C17H26N2O/c1-2-3-4-10-19-16-7-5-6-13(16)11-14(17(19)20)12-18-15-8-9-15/h11,15,18H,2-10,12H2,1H3. The van der Waals surface area contributed by atoms with Crippen molar-refractivity contribution in [3.8, 4) is 0 Å². The summed E-state index contributed by atoms with van der Waals surface area (Å²) in [7, 11) is 0. The molecule has 1 saturated carbocycles. The van der Waals surface area contributed by atoms with Gasteiger partial charge in [-0.15, -0.1) is 0 Å². The van der Waals surface area contributed by atoms with Crippen LogP contribution >= 0.6 is 0 Å². The smallest absolute Gasteiger partial charge is 0.255 e. The summed E-state index contributed by atoms with van der Waals surface area (Å²) in [6, 6.07) is 2.84. The lowest BCUT2D eigenvalue weighted by Crippen LogP contribution is -2.30. The van der Waals surface area contributed by atoms with Gasteiger partial charge in [-0.2, -0.15) is 0 Å². The van der Waals surface area contributed by atoms with Gasteiger partial charge in [0.05, 0.1) is 0 Å². The van der Waals surface area contributed by atoms with Crippen LogP contribution in [0, 0.1) is 0 Å². The molecule has 0 aliphatic heterocycles. The van der Waals surface area contributed by atoms with Crippen molar-refractivity contribution in [2.75, 3.05) is 0 Å². The molecule has 0 saturated heterocycles. The molecule has 1 heterocycles. The highest BCUT2D eigenvalue weighted by atomic mass is 16.1. The Hall–Kier alpha value is -1.09. The normalized spacial score (nSPS) is 17.4. The topological polar surface area (TPSA) is 34.0 Å². The third kappa shape index (κ3) is 2.98. The fourth-order valence-corrected chi connectivity index (χ4v) is 3.21. The number of hydrogen-bond acceptors (Lipinski definition) is 2. The van der Waals surface area contributed by atoms with Crippen LogP contribution < -0.4 is 10.9 Å². The van der Waals surface area contributed by atoms with Crippen molar-refractivity contribution in [1.29, 1.82) is 0 Å². The Morgan fingerprint density at radius 2 is 2.15 bits per heavy atom. The lowest BCUT2D eigenvalue weighted by molar-refractivity contribution is 0.561. The molecular formula is C17H26N2O. The lowest BCUT2D eigenvalue weighted by atomic mass is 10.1. The summed E-state index contributed by atoms with van der Waals surface area (Å²) >= 11 is 0. The second-order valence-electron chi connectivity index (χ2n) is 6.31. The highest BCUT2D eigenvalue weighted by Crippen LogP contribution is 2.23. The van der Waals surface area contributed by atoms with Crippen LogP contribution in [-0.4, -0.2) is 10.6 Å². The van der Waals surface area contributed by atoms with Gasteiger partial charge < -0.3 is 9.88 Å². The van der Waals surface area contributed by atoms with Gasteiger partial charge in [-0.1, -0.05) is 19.8 Å². The van der Waals surface area contributed by atoms with Crippen molar-refractivity contribution in [1.82, 2.24) is 9.88 Å². The first kappa shape index (κ1) is 13.9. The zero-order valence-corrected chi connectivity index (χ0v) is 12.6. The summed E-state index contributed by atoms with van der Waals surface area (Å²) in [5, 5.41) is 3.49. The molecule has 1 aromatic heterocycles. The van der Waals surface area contributed by atoms with Crippen LogP contribution in [0.5, 0.6) is 0 Å². The van der Waals surface area contributed by atoms with Gasteiger partial charge in [-0.05, 0) is 50.2 Å². The minimum Gasteiger partial charge on any atom is -0.312 e. The van der Waals surface area contributed by atoms with Gasteiger partial charge in [-0.25, -0.2) is 0 Å². The molecule has 0 bridgehead atoms. The molecule has 0 radical (unpaired) electrons. The molecule has 3 heteroatoms. The number of hydrogen-bond donors (Lipinski definition) is 1. The van der Waals surface area contributed by atoms with E-state index < -0.39 is 0 Å². The van der Waals surface area contributed by atoms with Crippen molar-refractivity contribution in [3.63, 3.8) is 0 Å². The number of aryl methyl sites for hydroxylation is 1. The van der Waals surface area contributed by atoms with E-state index in [1.54, 1.807) is 0 Å². The average Bonchev–Trinajstić information content (AvgIpc) is 3.16. The fraction of sp³-hybridized carbons (Fsp3) is 0.706. The predicted octanol–water partition coefficient (Wildman–Crippen LogP) is 2.78. The summed E-state index contributed by atoms with van der Waals surface area (Å²) in [6.07, 6.45) is 9.55. The molecule has 3 rings (SSSR count). The summed E-state index contributed by atoms with van der Waals surface area (Å²) < 4.78 is 2.09. The van der Waals surface area contributed by atoms with Crippen LogP contribution in [0.4, 0.5) is 0 Å². The molecule has 1 fully saturated rings. The van der Waals surface area contributed by atoms with E-state index in [4.69, 9.17) is 0 Å². The second kappa shape index (κ2) is 6.13. The van der Waals surface area contributed by atoms with E-state index in [1.807, 2.05) is 0 Å². The van der Waals surface area contributed by atoms with Gasteiger partial charge in [0.2, 0.25) is 0 Å². The summed E-state index contributed by atoms with van der Waals surface area (Å²) in [4.78, 5) is 12.7. The monoisotopic (exact) mass is 274 g/mol. The highest BCUT2D eigenvalue weighted by molar-refractivity contribution is 5.30. The summed E-state index contributed by atoms with van der Waals surface area (Å²) in [5.41, 5.74) is 3.99. The van der Waals surface area contributed by atoms with Gasteiger partial charge >= 0.3 is 0 Å². The number of rotatable bonds is 7. The number of unbranched alkanes of at least 4 members (excludes halogenated alkanes) is 2. The molecule has 2 aliphatic rings. The van der Waals surface area contributed by atoms with E-state index >= 15 is 0 Å². The number of pyridine rings is 1. The predicted molar refractivity (Wildman–Crippen MR) is 82.1 cm³/mol. The third-order valence-corrected chi connectivity index (χ3v) is 4.57. The number of nitrogens with one attached hydrogen (secondary N) is 1. The zero-order chi connectivity index (χ0) is 13.9. The molecule has 0 spiro atoms. The van der Waals surface area contributed by atoms with Gasteiger partial charge in [0, 0.05) is 30.4 Å². The Morgan fingerprint density at radius 1 is 1.30 bits per heavy atom. The van der Waals surface area contributed by atoms with Gasteiger partial charge in [0.15, 0.2) is 0 Å². The van der Waals surface area contributed by atoms with Crippen LogP contribution in [0.25, 0.3) is 0 Å². The van der Waals surface area contributed by atoms with E-state index in [1.165, 1.54) is 43.4 Å². The van der Waals surface area contributed by atoms with E-state index in [0.717, 1.165) is 37.9 Å². The molecule has 1 aromatic rings. The molecule has 1 N–H and O–H groups in total. The molecule has 0 unspecified atom stereocenters. The minimum absolute atomic E-state index is 0.259. The molecule has 3 nitrogen and oxygen atoms in total. The lowest BCUT2D eigenvalue weighted by Gasteiger charge is -2.15. The largest absolute Gasteiger partial charge is 0.312 e. The average molecular weight is 274 g/mol. The van der Waals surface area contributed by atoms with Crippen LogP contribution in [0.2, 0.25) is 0 Å². The van der Waals surface area contributed by atoms with E-state index in [0.29, 0.717) is 6.04 Å². The van der Waals surface area contributed by atoms with E-state index in [-0.39, 0.29) is 5.56 Å². The summed E-state index contributed by atoms with van der Waals surface area (Å²) in [5.74, 6) is 0. The van der Waals surface area contributed by atoms with Gasteiger partial charge in [0.1, 0.15) is 0 Å².